The second-order valence-corrected chi connectivity index (χ2v) is 8.36. The zero-order valence-corrected chi connectivity index (χ0v) is 17.5. The van der Waals surface area contributed by atoms with Gasteiger partial charge in [-0.05, 0) is 59.7 Å². The highest BCUT2D eigenvalue weighted by Crippen LogP contribution is 2.31. The number of benzene rings is 2. The van der Waals surface area contributed by atoms with Crippen molar-refractivity contribution in [2.75, 3.05) is 31.1 Å². The zero-order chi connectivity index (χ0) is 20.4. The first-order valence-electron chi connectivity index (χ1n) is 10.3. The van der Waals surface area contributed by atoms with Crippen molar-refractivity contribution in [2.24, 2.45) is 0 Å². The van der Waals surface area contributed by atoms with E-state index in [1.54, 1.807) is 6.92 Å². The van der Waals surface area contributed by atoms with Gasteiger partial charge in [0.25, 0.3) is 0 Å². The molecule has 1 atom stereocenters. The molecule has 4 rings (SSSR count). The maximum Gasteiger partial charge on any atom is 0.223 e. The fourth-order valence-corrected chi connectivity index (χ4v) is 4.43. The molecule has 152 valence electrons. The van der Waals surface area contributed by atoms with Gasteiger partial charge in [0.15, 0.2) is 0 Å². The van der Waals surface area contributed by atoms with Crippen LogP contribution in [-0.4, -0.2) is 42.1 Å². The molecule has 0 saturated carbocycles. The van der Waals surface area contributed by atoms with Gasteiger partial charge < -0.3 is 10.0 Å². The maximum atomic E-state index is 11.8. The van der Waals surface area contributed by atoms with Crippen molar-refractivity contribution in [1.82, 2.24) is 4.90 Å². The summed E-state index contributed by atoms with van der Waals surface area (Å²) in [6.07, 6.45) is 4.61. The molecule has 0 saturated heterocycles. The fraction of sp³-hybridized carbons (Fsp3) is 0.375. The molecule has 2 aromatic carbocycles. The summed E-state index contributed by atoms with van der Waals surface area (Å²) in [5.74, 6) is 0.0795. The van der Waals surface area contributed by atoms with Crippen LogP contribution in [0.1, 0.15) is 42.6 Å². The third-order valence-electron chi connectivity index (χ3n) is 5.93. The molecule has 4 nitrogen and oxygen atoms in total. The number of carbonyl (C=O) groups excluding carboxylic acids is 1. The van der Waals surface area contributed by atoms with E-state index in [4.69, 9.17) is 11.6 Å². The summed E-state index contributed by atoms with van der Waals surface area (Å²) >= 11 is 5.98. The Bertz CT molecular complexity index is 923. The minimum absolute atomic E-state index is 0.0795. The number of nitrogens with zero attached hydrogens (tertiary/aromatic N) is 2. The first-order valence-corrected chi connectivity index (χ1v) is 10.7. The smallest absolute Gasteiger partial charge is 0.223 e. The topological polar surface area (TPSA) is 43.8 Å². The number of anilines is 1. The molecular formula is C24H27ClN2O2. The highest BCUT2D eigenvalue weighted by atomic mass is 35.5. The van der Waals surface area contributed by atoms with Crippen molar-refractivity contribution < 1.29 is 9.90 Å². The van der Waals surface area contributed by atoms with Crippen molar-refractivity contribution in [3.8, 4) is 0 Å². The summed E-state index contributed by atoms with van der Waals surface area (Å²) in [5.41, 5.74) is 5.64. The van der Waals surface area contributed by atoms with Crippen LogP contribution in [0.2, 0.25) is 5.02 Å². The van der Waals surface area contributed by atoms with Gasteiger partial charge in [-0.15, -0.1) is 0 Å². The van der Waals surface area contributed by atoms with Crippen molar-refractivity contribution in [3.05, 3.63) is 70.3 Å². The molecule has 1 N–H and O–H groups in total. The summed E-state index contributed by atoms with van der Waals surface area (Å²) in [4.78, 5) is 16.0. The van der Waals surface area contributed by atoms with E-state index in [0.717, 1.165) is 60.7 Å². The van der Waals surface area contributed by atoms with E-state index >= 15 is 0 Å². The third-order valence-corrected chi connectivity index (χ3v) is 6.18. The lowest BCUT2D eigenvalue weighted by Gasteiger charge is -2.31. The molecule has 0 aliphatic carbocycles. The molecule has 0 unspecified atom stereocenters. The van der Waals surface area contributed by atoms with Crippen molar-refractivity contribution in [1.29, 1.82) is 0 Å². The Hall–Kier alpha value is -2.14. The Labute approximate surface area is 177 Å². The molecule has 1 amide bonds. The van der Waals surface area contributed by atoms with E-state index in [1.165, 1.54) is 11.1 Å². The predicted molar refractivity (Wildman–Crippen MR) is 118 cm³/mol. The zero-order valence-electron chi connectivity index (χ0n) is 16.8. The van der Waals surface area contributed by atoms with E-state index in [-0.39, 0.29) is 5.91 Å². The van der Waals surface area contributed by atoms with Crippen LogP contribution in [0.25, 0.3) is 5.57 Å². The Morgan fingerprint density at radius 2 is 1.93 bits per heavy atom. The SMILES string of the molecule is CC(=O)N1CCCc2cc([C@H](O)CN3CC=C(c4ccc(Cl)cc4)CC3)ccc21. The number of hydrogen-bond acceptors (Lipinski definition) is 3. The quantitative estimate of drug-likeness (QED) is 0.809. The second kappa shape index (κ2) is 8.70. The number of halogens is 1. The van der Waals surface area contributed by atoms with Gasteiger partial charge in [-0.1, -0.05) is 41.9 Å². The third kappa shape index (κ3) is 4.55. The van der Waals surface area contributed by atoms with Crippen LogP contribution in [0.15, 0.2) is 48.5 Å². The molecule has 29 heavy (non-hydrogen) atoms. The molecule has 0 fully saturated rings. The number of aliphatic hydroxyl groups excluding tert-OH is 1. The Morgan fingerprint density at radius 1 is 1.14 bits per heavy atom. The van der Waals surface area contributed by atoms with Crippen LogP contribution in [0.4, 0.5) is 5.69 Å². The lowest BCUT2D eigenvalue weighted by molar-refractivity contribution is -0.116. The van der Waals surface area contributed by atoms with Crippen LogP contribution in [0, 0.1) is 0 Å². The van der Waals surface area contributed by atoms with Crippen molar-refractivity contribution in [3.63, 3.8) is 0 Å². The fourth-order valence-electron chi connectivity index (χ4n) is 4.30. The summed E-state index contributed by atoms with van der Waals surface area (Å²) < 4.78 is 0. The summed E-state index contributed by atoms with van der Waals surface area (Å²) in [5, 5.41) is 11.6. The standard InChI is InChI=1S/C24H27ClN2O2/c1-17(28)27-12-2-3-20-15-21(6-9-23(20)27)24(29)16-26-13-10-19(11-14-26)18-4-7-22(25)8-5-18/h4-10,15,24,29H,2-3,11-14,16H2,1H3/t24-/m1/s1. The minimum Gasteiger partial charge on any atom is -0.387 e. The van der Waals surface area contributed by atoms with Gasteiger partial charge in [-0.2, -0.15) is 0 Å². The number of carbonyl (C=O) groups is 1. The lowest BCUT2D eigenvalue weighted by Crippen LogP contribution is -2.34. The molecule has 0 spiro atoms. The summed E-state index contributed by atoms with van der Waals surface area (Å²) in [6.45, 7) is 4.76. The van der Waals surface area contributed by atoms with Gasteiger partial charge in [0.05, 0.1) is 6.10 Å². The van der Waals surface area contributed by atoms with Gasteiger partial charge in [0, 0.05) is 43.8 Å². The number of β-amino-alcohol motifs (C(OH)–C–C–N with tert-alkyl or cyclic N) is 1. The van der Waals surface area contributed by atoms with E-state index in [0.29, 0.717) is 6.54 Å². The van der Waals surface area contributed by atoms with Crippen molar-refractivity contribution >= 4 is 28.8 Å². The Kier molecular flexibility index (Phi) is 6.04. The number of rotatable bonds is 4. The monoisotopic (exact) mass is 410 g/mol. The van der Waals surface area contributed by atoms with Crippen LogP contribution in [0.3, 0.4) is 0 Å². The average molecular weight is 411 g/mol. The van der Waals surface area contributed by atoms with Crippen LogP contribution >= 0.6 is 11.6 Å². The van der Waals surface area contributed by atoms with Gasteiger partial charge in [-0.25, -0.2) is 0 Å². The second-order valence-electron chi connectivity index (χ2n) is 7.92. The molecule has 5 heteroatoms. The molecule has 2 aliphatic rings. The van der Waals surface area contributed by atoms with E-state index in [9.17, 15) is 9.90 Å². The molecule has 2 aromatic rings. The highest BCUT2D eigenvalue weighted by molar-refractivity contribution is 6.30. The van der Waals surface area contributed by atoms with E-state index in [1.807, 2.05) is 29.2 Å². The molecule has 0 bridgehead atoms. The largest absolute Gasteiger partial charge is 0.387 e. The van der Waals surface area contributed by atoms with Crippen LogP contribution in [0.5, 0.6) is 0 Å². The summed E-state index contributed by atoms with van der Waals surface area (Å²) in [7, 11) is 0. The molecule has 2 heterocycles. The predicted octanol–water partition coefficient (Wildman–Crippen LogP) is 4.46. The van der Waals surface area contributed by atoms with Gasteiger partial charge in [0.1, 0.15) is 0 Å². The van der Waals surface area contributed by atoms with Crippen molar-refractivity contribution in [2.45, 2.75) is 32.3 Å². The van der Waals surface area contributed by atoms with E-state index < -0.39 is 6.10 Å². The van der Waals surface area contributed by atoms with Gasteiger partial charge in [-0.3, -0.25) is 9.69 Å². The Balaban J connectivity index is 1.41. The van der Waals surface area contributed by atoms with Gasteiger partial charge in [0.2, 0.25) is 5.91 Å². The maximum absolute atomic E-state index is 11.8. The number of aryl methyl sites for hydroxylation is 1. The lowest BCUT2D eigenvalue weighted by atomic mass is 9.96. The van der Waals surface area contributed by atoms with Crippen LogP contribution in [-0.2, 0) is 11.2 Å². The molecular weight excluding hydrogens is 384 g/mol. The molecule has 0 radical (unpaired) electrons. The van der Waals surface area contributed by atoms with E-state index in [2.05, 4.69) is 29.2 Å². The number of amides is 1. The van der Waals surface area contributed by atoms with Gasteiger partial charge >= 0.3 is 0 Å². The molecule has 0 aromatic heterocycles. The number of fused-ring (bicyclic) bond motifs is 1. The number of aliphatic hydroxyl groups is 1. The Morgan fingerprint density at radius 3 is 2.62 bits per heavy atom. The molecule has 2 aliphatic heterocycles. The first-order chi connectivity index (χ1) is 14.0. The first kappa shape index (κ1) is 20.1. The number of hydrogen-bond donors (Lipinski definition) is 1. The summed E-state index contributed by atoms with van der Waals surface area (Å²) in [6, 6.07) is 14.0. The minimum atomic E-state index is -0.529. The average Bonchev–Trinajstić information content (AvgIpc) is 2.74. The highest BCUT2D eigenvalue weighted by Gasteiger charge is 2.22. The normalized spacial score (nSPS) is 18.2. The van der Waals surface area contributed by atoms with Crippen LogP contribution < -0.4 is 4.90 Å².